The summed E-state index contributed by atoms with van der Waals surface area (Å²) in [5.41, 5.74) is 0.337. The van der Waals surface area contributed by atoms with Crippen LogP contribution in [0.1, 0.15) is 25.7 Å². The molecule has 0 aromatic heterocycles. The molecule has 4 atom stereocenters. The Morgan fingerprint density at radius 3 is 2.78 bits per heavy atom. The summed E-state index contributed by atoms with van der Waals surface area (Å²) in [4.78, 5) is 29.5. The topological polar surface area (TPSA) is 113 Å². The highest BCUT2D eigenvalue weighted by Crippen LogP contribution is 2.28. The lowest BCUT2D eigenvalue weighted by molar-refractivity contribution is -0.149. The second-order valence-corrected chi connectivity index (χ2v) is 9.59. The average molecular weight is 509 g/mol. The van der Waals surface area contributed by atoms with Gasteiger partial charge in [-0.15, -0.1) is 0 Å². The molecule has 3 N–H and O–H groups in total. The van der Waals surface area contributed by atoms with Crippen molar-refractivity contribution < 1.29 is 33.3 Å². The number of aliphatic hydroxyl groups is 1. The van der Waals surface area contributed by atoms with Crippen LogP contribution in [0.5, 0.6) is 0 Å². The molecule has 0 bridgehead atoms. The van der Waals surface area contributed by atoms with Gasteiger partial charge in [-0.1, -0.05) is 6.07 Å². The summed E-state index contributed by atoms with van der Waals surface area (Å²) < 4.78 is 30.7. The molecule has 4 rings (SSSR count). The Labute approximate surface area is 211 Å². The average Bonchev–Trinajstić information content (AvgIpc) is 2.85. The molecular weight excluding hydrogens is 471 g/mol. The Morgan fingerprint density at radius 1 is 1.14 bits per heavy atom. The number of hydrogen-bond donors (Lipinski definition) is 3. The van der Waals surface area contributed by atoms with Crippen LogP contribution >= 0.6 is 0 Å². The predicted octanol–water partition coefficient (Wildman–Crippen LogP) is 1.20. The van der Waals surface area contributed by atoms with Gasteiger partial charge in [0.05, 0.1) is 57.6 Å². The minimum absolute atomic E-state index is 0.0525. The van der Waals surface area contributed by atoms with E-state index in [-0.39, 0.29) is 44.2 Å². The Bertz CT molecular complexity index is 871. The molecule has 3 saturated heterocycles. The first-order valence-electron chi connectivity index (χ1n) is 12.8. The van der Waals surface area contributed by atoms with Gasteiger partial charge >= 0.3 is 6.03 Å². The lowest BCUT2D eigenvalue weighted by Gasteiger charge is -2.44. The molecule has 0 saturated carbocycles. The van der Waals surface area contributed by atoms with E-state index in [2.05, 4.69) is 15.5 Å². The van der Waals surface area contributed by atoms with Gasteiger partial charge in [0, 0.05) is 25.3 Å². The Balaban J connectivity index is 1.27. The maximum atomic E-state index is 13.6. The van der Waals surface area contributed by atoms with Crippen molar-refractivity contribution in [1.29, 1.82) is 0 Å². The number of carbonyl (C=O) groups excluding carboxylic acids is 2. The molecule has 3 amide bonds. The quantitative estimate of drug-likeness (QED) is 0.475. The highest BCUT2D eigenvalue weighted by molar-refractivity contribution is 5.89. The van der Waals surface area contributed by atoms with Gasteiger partial charge in [-0.2, -0.15) is 0 Å². The van der Waals surface area contributed by atoms with Crippen LogP contribution in [0.2, 0.25) is 0 Å². The minimum atomic E-state index is -0.842. The Hall–Kier alpha value is -2.31. The third-order valence-corrected chi connectivity index (χ3v) is 6.81. The predicted molar refractivity (Wildman–Crippen MR) is 130 cm³/mol. The fourth-order valence-corrected chi connectivity index (χ4v) is 4.97. The molecule has 0 unspecified atom stereocenters. The molecule has 3 aliphatic rings. The van der Waals surface area contributed by atoms with Crippen molar-refractivity contribution in [2.75, 3.05) is 64.5 Å². The van der Waals surface area contributed by atoms with Crippen LogP contribution in [0.3, 0.4) is 0 Å². The van der Waals surface area contributed by atoms with Crippen molar-refractivity contribution in [1.82, 2.24) is 15.1 Å². The van der Waals surface area contributed by atoms with Gasteiger partial charge in [0.15, 0.2) is 0 Å². The van der Waals surface area contributed by atoms with Crippen molar-refractivity contribution in [3.8, 4) is 0 Å². The van der Waals surface area contributed by atoms with Gasteiger partial charge in [0.2, 0.25) is 5.91 Å². The second kappa shape index (κ2) is 13.3. The molecule has 11 heteroatoms. The van der Waals surface area contributed by atoms with E-state index in [1.165, 1.54) is 18.2 Å². The van der Waals surface area contributed by atoms with Gasteiger partial charge in [-0.3, -0.25) is 9.69 Å². The number of fused-ring (bicyclic) bond motifs is 1. The third-order valence-electron chi connectivity index (χ3n) is 6.81. The van der Waals surface area contributed by atoms with Gasteiger partial charge in [0.1, 0.15) is 11.9 Å². The van der Waals surface area contributed by atoms with E-state index in [1.54, 1.807) is 11.0 Å². The molecule has 0 spiro atoms. The van der Waals surface area contributed by atoms with Gasteiger partial charge < -0.3 is 34.9 Å². The first-order chi connectivity index (χ1) is 17.5. The smallest absolute Gasteiger partial charge is 0.322 e. The molecule has 3 aliphatic heterocycles. The maximum Gasteiger partial charge on any atom is 0.322 e. The van der Waals surface area contributed by atoms with E-state index in [0.717, 1.165) is 39.3 Å². The molecule has 36 heavy (non-hydrogen) atoms. The number of amides is 3. The summed E-state index contributed by atoms with van der Waals surface area (Å²) in [5.74, 6) is -0.502. The number of urea groups is 1. The van der Waals surface area contributed by atoms with Crippen LogP contribution in [0.25, 0.3) is 0 Å². The highest BCUT2D eigenvalue weighted by Gasteiger charge is 2.40. The summed E-state index contributed by atoms with van der Waals surface area (Å²) in [5, 5.41) is 16.0. The van der Waals surface area contributed by atoms with Crippen molar-refractivity contribution in [3.05, 3.63) is 30.1 Å². The number of halogens is 1. The van der Waals surface area contributed by atoms with Gasteiger partial charge in [-0.25, -0.2) is 9.18 Å². The third kappa shape index (κ3) is 7.84. The summed E-state index contributed by atoms with van der Waals surface area (Å²) >= 11 is 0. The Kier molecular flexibility index (Phi) is 9.88. The number of rotatable bonds is 7. The van der Waals surface area contributed by atoms with E-state index in [9.17, 15) is 19.1 Å². The lowest BCUT2D eigenvalue weighted by atomic mass is 9.95. The summed E-state index contributed by atoms with van der Waals surface area (Å²) in [6, 6.07) is 4.91. The van der Waals surface area contributed by atoms with Crippen LogP contribution in [0, 0.1) is 5.82 Å². The second-order valence-electron chi connectivity index (χ2n) is 9.59. The van der Waals surface area contributed by atoms with Crippen LogP contribution in [0.15, 0.2) is 24.3 Å². The number of nitrogens with zero attached hydrogens (tertiary/aromatic N) is 2. The van der Waals surface area contributed by atoms with Crippen LogP contribution < -0.4 is 10.6 Å². The number of morpholine rings is 1. The highest BCUT2D eigenvalue weighted by atomic mass is 19.1. The molecule has 200 valence electrons. The monoisotopic (exact) mass is 508 g/mol. The zero-order valence-electron chi connectivity index (χ0n) is 20.6. The zero-order chi connectivity index (χ0) is 25.3. The van der Waals surface area contributed by atoms with Crippen molar-refractivity contribution in [2.24, 2.45) is 0 Å². The molecule has 0 radical (unpaired) electrons. The fourth-order valence-electron chi connectivity index (χ4n) is 4.97. The SMILES string of the molecule is O=C(C[C@H]1CC[C@H]2[C@@H](COC[C@@H](O)CN2C(=O)Nc2cccc(F)c2)O1)NCCCN1CCOCC1. The van der Waals surface area contributed by atoms with E-state index < -0.39 is 24.1 Å². The van der Waals surface area contributed by atoms with E-state index in [0.29, 0.717) is 25.1 Å². The summed E-state index contributed by atoms with van der Waals surface area (Å²) in [6.07, 6.45) is 0.793. The van der Waals surface area contributed by atoms with Crippen LogP contribution in [-0.4, -0.2) is 110 Å². The van der Waals surface area contributed by atoms with E-state index in [1.807, 2.05) is 0 Å². The number of hydrogen-bond acceptors (Lipinski definition) is 7. The zero-order valence-corrected chi connectivity index (χ0v) is 20.6. The van der Waals surface area contributed by atoms with Crippen LogP contribution in [0.4, 0.5) is 14.9 Å². The largest absolute Gasteiger partial charge is 0.389 e. The van der Waals surface area contributed by atoms with Crippen molar-refractivity contribution in [3.63, 3.8) is 0 Å². The van der Waals surface area contributed by atoms with E-state index >= 15 is 0 Å². The minimum Gasteiger partial charge on any atom is -0.389 e. The number of benzene rings is 1. The first-order valence-corrected chi connectivity index (χ1v) is 12.8. The van der Waals surface area contributed by atoms with Gasteiger partial charge in [-0.05, 0) is 44.0 Å². The maximum absolute atomic E-state index is 13.6. The standard InChI is InChI=1S/C25H37FN4O6/c26-18-3-1-4-19(13-18)28-25(33)30-15-20(31)16-35-17-23-22(30)6-5-21(36-23)14-24(32)27-7-2-8-29-9-11-34-12-10-29/h1,3-4,13,20-23,31H,2,5-12,14-17H2,(H,27,32)(H,28,33)/t20-,21+,22-,23+/m0/s1. The number of aliphatic hydroxyl groups excluding tert-OH is 1. The van der Waals surface area contributed by atoms with Crippen molar-refractivity contribution >= 4 is 17.6 Å². The molecule has 1 aromatic carbocycles. The number of anilines is 1. The number of β-amino-alcohol motifs (C(OH)–C–C–N with tert-alkyl or cyclic N) is 1. The summed E-state index contributed by atoms with van der Waals surface area (Å²) in [6.45, 7) is 5.30. The number of nitrogens with one attached hydrogen (secondary N) is 2. The molecule has 10 nitrogen and oxygen atoms in total. The number of ether oxygens (including phenoxy) is 3. The molecule has 0 aliphatic carbocycles. The lowest BCUT2D eigenvalue weighted by Crippen LogP contribution is -2.58. The Morgan fingerprint density at radius 2 is 1.97 bits per heavy atom. The van der Waals surface area contributed by atoms with Crippen LogP contribution in [-0.2, 0) is 19.0 Å². The van der Waals surface area contributed by atoms with Gasteiger partial charge in [0.25, 0.3) is 0 Å². The normalized spacial score (nSPS) is 27.4. The number of carbonyl (C=O) groups is 2. The van der Waals surface area contributed by atoms with Crippen molar-refractivity contribution in [2.45, 2.75) is 50.0 Å². The first kappa shape index (κ1) is 26.7. The molecule has 3 fully saturated rings. The summed E-state index contributed by atoms with van der Waals surface area (Å²) in [7, 11) is 0. The molecule has 1 aromatic rings. The van der Waals surface area contributed by atoms with E-state index in [4.69, 9.17) is 14.2 Å². The fraction of sp³-hybridized carbons (Fsp3) is 0.680. The molecule has 3 heterocycles. The molecular formula is C25H37FN4O6.